The van der Waals surface area contributed by atoms with Crippen LogP contribution < -0.4 is 11.1 Å². The van der Waals surface area contributed by atoms with Gasteiger partial charge in [0, 0.05) is 6.61 Å². The molecule has 0 unspecified atom stereocenters. The van der Waals surface area contributed by atoms with Crippen LogP contribution in [0, 0.1) is 5.92 Å². The molecule has 2 rings (SSSR count). The lowest BCUT2D eigenvalue weighted by atomic mass is 10.1. The molecule has 16 heavy (non-hydrogen) atoms. The first-order valence-electron chi connectivity index (χ1n) is 5.88. The third kappa shape index (κ3) is 2.95. The van der Waals surface area contributed by atoms with E-state index in [9.17, 15) is 9.59 Å². The molecule has 3 N–H and O–H groups in total. The fourth-order valence-electron chi connectivity index (χ4n) is 1.98. The van der Waals surface area contributed by atoms with Gasteiger partial charge in [-0.2, -0.15) is 0 Å². The Hall–Kier alpha value is -1.10. The summed E-state index contributed by atoms with van der Waals surface area (Å²) < 4.78 is 5.25. The second kappa shape index (κ2) is 4.82. The van der Waals surface area contributed by atoms with E-state index in [-0.39, 0.29) is 12.0 Å². The minimum absolute atomic E-state index is 0.193. The SMILES string of the molecule is NC(=O)[C@@H](CC1CC1)NC(=O)[C@@H]1CCCO1. The summed E-state index contributed by atoms with van der Waals surface area (Å²) in [6.07, 6.45) is 4.20. The van der Waals surface area contributed by atoms with Crippen LogP contribution in [0.25, 0.3) is 0 Å². The molecule has 1 saturated carbocycles. The second-order valence-corrected chi connectivity index (χ2v) is 4.64. The van der Waals surface area contributed by atoms with Gasteiger partial charge < -0.3 is 15.8 Å². The van der Waals surface area contributed by atoms with E-state index >= 15 is 0 Å². The van der Waals surface area contributed by atoms with Crippen molar-refractivity contribution >= 4 is 11.8 Å². The number of rotatable bonds is 5. The summed E-state index contributed by atoms with van der Waals surface area (Å²) in [6.45, 7) is 0.627. The Kier molecular flexibility index (Phi) is 3.43. The zero-order chi connectivity index (χ0) is 11.5. The number of nitrogens with one attached hydrogen (secondary N) is 1. The van der Waals surface area contributed by atoms with Crippen LogP contribution in [0.5, 0.6) is 0 Å². The van der Waals surface area contributed by atoms with Crippen molar-refractivity contribution in [3.8, 4) is 0 Å². The van der Waals surface area contributed by atoms with Crippen LogP contribution in [0.2, 0.25) is 0 Å². The van der Waals surface area contributed by atoms with Crippen molar-refractivity contribution in [2.24, 2.45) is 11.7 Å². The van der Waals surface area contributed by atoms with Crippen molar-refractivity contribution in [2.75, 3.05) is 6.61 Å². The summed E-state index contributed by atoms with van der Waals surface area (Å²) in [4.78, 5) is 22.9. The van der Waals surface area contributed by atoms with Crippen LogP contribution >= 0.6 is 0 Å². The molecule has 0 aromatic heterocycles. The van der Waals surface area contributed by atoms with Crippen LogP contribution in [-0.2, 0) is 14.3 Å². The number of primary amides is 1. The van der Waals surface area contributed by atoms with Gasteiger partial charge in [-0.05, 0) is 25.2 Å². The van der Waals surface area contributed by atoms with Gasteiger partial charge in [0.05, 0.1) is 0 Å². The molecule has 0 bridgehead atoms. The van der Waals surface area contributed by atoms with Crippen LogP contribution in [-0.4, -0.2) is 30.6 Å². The van der Waals surface area contributed by atoms with Gasteiger partial charge in [-0.1, -0.05) is 12.8 Å². The van der Waals surface area contributed by atoms with E-state index in [0.717, 1.165) is 25.7 Å². The zero-order valence-corrected chi connectivity index (χ0v) is 9.28. The van der Waals surface area contributed by atoms with E-state index in [1.165, 1.54) is 0 Å². The molecule has 1 aliphatic heterocycles. The molecule has 90 valence electrons. The maximum Gasteiger partial charge on any atom is 0.249 e. The molecular weight excluding hydrogens is 208 g/mol. The Balaban J connectivity index is 1.83. The first-order chi connectivity index (χ1) is 7.66. The molecule has 1 aliphatic carbocycles. The molecule has 2 fully saturated rings. The lowest BCUT2D eigenvalue weighted by Gasteiger charge is -2.17. The standard InChI is InChI=1S/C11H18N2O3/c12-10(14)8(6-7-3-4-7)13-11(15)9-2-1-5-16-9/h7-9H,1-6H2,(H2,12,14)(H,13,15)/t8-,9+/m1/s1. The molecule has 2 atom stereocenters. The first-order valence-corrected chi connectivity index (χ1v) is 5.88. The van der Waals surface area contributed by atoms with Crippen LogP contribution in [0.15, 0.2) is 0 Å². The molecule has 0 spiro atoms. The summed E-state index contributed by atoms with van der Waals surface area (Å²) in [5.74, 6) is -0.0810. The van der Waals surface area contributed by atoms with Crippen molar-refractivity contribution in [1.29, 1.82) is 0 Å². The smallest absolute Gasteiger partial charge is 0.249 e. The van der Waals surface area contributed by atoms with Crippen LogP contribution in [0.3, 0.4) is 0 Å². The molecule has 0 aromatic carbocycles. The normalized spacial score (nSPS) is 26.4. The van der Waals surface area contributed by atoms with Crippen LogP contribution in [0.4, 0.5) is 0 Å². The molecule has 2 amide bonds. The number of amides is 2. The van der Waals surface area contributed by atoms with E-state index in [4.69, 9.17) is 10.5 Å². The quantitative estimate of drug-likeness (QED) is 0.688. The number of nitrogens with two attached hydrogens (primary N) is 1. The largest absolute Gasteiger partial charge is 0.368 e. The third-order valence-corrected chi connectivity index (χ3v) is 3.15. The fourth-order valence-corrected chi connectivity index (χ4v) is 1.98. The van der Waals surface area contributed by atoms with Crippen molar-refractivity contribution < 1.29 is 14.3 Å². The first kappa shape index (κ1) is 11.4. The number of carbonyl (C=O) groups excluding carboxylic acids is 2. The van der Waals surface area contributed by atoms with Gasteiger partial charge >= 0.3 is 0 Å². The summed E-state index contributed by atoms with van der Waals surface area (Å²) in [5, 5.41) is 2.69. The molecular formula is C11H18N2O3. The highest BCUT2D eigenvalue weighted by molar-refractivity contribution is 5.88. The Morgan fingerprint density at radius 3 is 2.62 bits per heavy atom. The number of carbonyl (C=O) groups is 2. The van der Waals surface area contributed by atoms with E-state index < -0.39 is 11.9 Å². The maximum atomic E-state index is 11.7. The molecule has 2 aliphatic rings. The Bertz CT molecular complexity index is 283. The number of hydrogen-bond donors (Lipinski definition) is 2. The summed E-state index contributed by atoms with van der Waals surface area (Å²) in [7, 11) is 0. The van der Waals surface area contributed by atoms with E-state index in [1.54, 1.807) is 0 Å². The predicted molar refractivity (Wildman–Crippen MR) is 57.4 cm³/mol. The van der Waals surface area contributed by atoms with E-state index in [0.29, 0.717) is 18.9 Å². The maximum absolute atomic E-state index is 11.7. The highest BCUT2D eigenvalue weighted by Gasteiger charge is 2.31. The Labute approximate surface area is 94.7 Å². The van der Waals surface area contributed by atoms with Gasteiger partial charge in [-0.25, -0.2) is 0 Å². The Morgan fingerprint density at radius 2 is 2.12 bits per heavy atom. The molecule has 5 heteroatoms. The monoisotopic (exact) mass is 226 g/mol. The van der Waals surface area contributed by atoms with Crippen molar-refractivity contribution in [3.05, 3.63) is 0 Å². The highest BCUT2D eigenvalue weighted by atomic mass is 16.5. The van der Waals surface area contributed by atoms with Gasteiger partial charge in [0.15, 0.2) is 0 Å². The molecule has 0 aromatic rings. The average Bonchev–Trinajstić information content (AvgIpc) is 2.89. The summed E-state index contributed by atoms with van der Waals surface area (Å²) in [6, 6.07) is -0.524. The third-order valence-electron chi connectivity index (χ3n) is 3.15. The predicted octanol–water partition coefficient (Wildman–Crippen LogP) is -0.0644. The zero-order valence-electron chi connectivity index (χ0n) is 9.28. The van der Waals surface area contributed by atoms with Gasteiger partial charge in [0.25, 0.3) is 0 Å². The summed E-state index contributed by atoms with van der Waals surface area (Å²) in [5.41, 5.74) is 5.27. The lowest BCUT2D eigenvalue weighted by molar-refractivity contribution is -0.133. The van der Waals surface area contributed by atoms with Crippen molar-refractivity contribution in [2.45, 2.75) is 44.2 Å². The van der Waals surface area contributed by atoms with Gasteiger partial charge in [0.2, 0.25) is 11.8 Å². The van der Waals surface area contributed by atoms with Crippen LogP contribution in [0.1, 0.15) is 32.1 Å². The van der Waals surface area contributed by atoms with Gasteiger partial charge in [0.1, 0.15) is 12.1 Å². The number of ether oxygens (including phenoxy) is 1. The van der Waals surface area contributed by atoms with Gasteiger partial charge in [-0.15, -0.1) is 0 Å². The van der Waals surface area contributed by atoms with E-state index in [1.807, 2.05) is 0 Å². The van der Waals surface area contributed by atoms with Crippen molar-refractivity contribution in [3.63, 3.8) is 0 Å². The molecule has 0 radical (unpaired) electrons. The highest BCUT2D eigenvalue weighted by Crippen LogP contribution is 2.33. The average molecular weight is 226 g/mol. The van der Waals surface area contributed by atoms with E-state index in [2.05, 4.69) is 5.32 Å². The molecule has 1 heterocycles. The number of hydrogen-bond acceptors (Lipinski definition) is 3. The molecule has 1 saturated heterocycles. The topological polar surface area (TPSA) is 81.4 Å². The Morgan fingerprint density at radius 1 is 1.38 bits per heavy atom. The molecule has 5 nitrogen and oxygen atoms in total. The minimum atomic E-state index is -0.524. The lowest BCUT2D eigenvalue weighted by Crippen LogP contribution is -2.48. The van der Waals surface area contributed by atoms with Gasteiger partial charge in [-0.3, -0.25) is 9.59 Å². The van der Waals surface area contributed by atoms with Crippen molar-refractivity contribution in [1.82, 2.24) is 5.32 Å². The second-order valence-electron chi connectivity index (χ2n) is 4.64. The fraction of sp³-hybridized carbons (Fsp3) is 0.818. The summed E-state index contributed by atoms with van der Waals surface area (Å²) >= 11 is 0. The minimum Gasteiger partial charge on any atom is -0.368 e.